The molecule has 29 heavy (non-hydrogen) atoms. The van der Waals surface area contributed by atoms with Gasteiger partial charge in [-0.1, -0.05) is 30.7 Å². The molecule has 0 atom stereocenters. The van der Waals surface area contributed by atoms with Gasteiger partial charge in [0.25, 0.3) is 0 Å². The SMILES string of the molecule is CCNC(=NCc1ccc(CN2CCCCC2)cc1)NCCNC(=O)C1CC1.I. The molecule has 1 aromatic carbocycles. The highest BCUT2D eigenvalue weighted by atomic mass is 127. The van der Waals surface area contributed by atoms with Gasteiger partial charge < -0.3 is 16.0 Å². The number of amides is 1. The van der Waals surface area contributed by atoms with Crippen LogP contribution in [-0.4, -0.2) is 49.5 Å². The molecule has 1 aromatic rings. The van der Waals surface area contributed by atoms with Crippen LogP contribution >= 0.6 is 24.0 Å². The molecule has 3 rings (SSSR count). The Balaban J connectivity index is 0.00000300. The van der Waals surface area contributed by atoms with E-state index in [0.717, 1.165) is 31.9 Å². The van der Waals surface area contributed by atoms with E-state index in [1.54, 1.807) is 0 Å². The minimum Gasteiger partial charge on any atom is -0.357 e. The van der Waals surface area contributed by atoms with E-state index in [2.05, 4.69) is 57.0 Å². The zero-order valence-electron chi connectivity index (χ0n) is 17.6. The number of benzene rings is 1. The van der Waals surface area contributed by atoms with Gasteiger partial charge >= 0.3 is 0 Å². The average molecular weight is 513 g/mol. The molecule has 1 aliphatic heterocycles. The molecule has 0 radical (unpaired) electrons. The van der Waals surface area contributed by atoms with E-state index in [1.807, 2.05) is 0 Å². The van der Waals surface area contributed by atoms with Crippen molar-refractivity contribution in [1.82, 2.24) is 20.9 Å². The van der Waals surface area contributed by atoms with Crippen LogP contribution in [-0.2, 0) is 17.9 Å². The van der Waals surface area contributed by atoms with Gasteiger partial charge in [0.15, 0.2) is 5.96 Å². The largest absolute Gasteiger partial charge is 0.357 e. The third kappa shape index (κ3) is 8.90. The Labute approximate surface area is 192 Å². The molecule has 162 valence electrons. The lowest BCUT2D eigenvalue weighted by Gasteiger charge is -2.26. The first-order valence-corrected chi connectivity index (χ1v) is 10.8. The van der Waals surface area contributed by atoms with Crippen molar-refractivity contribution >= 4 is 35.8 Å². The van der Waals surface area contributed by atoms with Crippen molar-refractivity contribution in [1.29, 1.82) is 0 Å². The van der Waals surface area contributed by atoms with Crippen LogP contribution < -0.4 is 16.0 Å². The lowest BCUT2D eigenvalue weighted by molar-refractivity contribution is -0.122. The van der Waals surface area contributed by atoms with Crippen LogP contribution in [0, 0.1) is 5.92 Å². The Morgan fingerprint density at radius 3 is 2.31 bits per heavy atom. The molecule has 3 N–H and O–H groups in total. The molecular formula is C22H36IN5O. The molecule has 0 spiro atoms. The summed E-state index contributed by atoms with van der Waals surface area (Å²) in [4.78, 5) is 18.9. The van der Waals surface area contributed by atoms with Crippen molar-refractivity contribution < 1.29 is 4.79 Å². The van der Waals surface area contributed by atoms with E-state index < -0.39 is 0 Å². The number of guanidine groups is 1. The third-order valence-electron chi connectivity index (χ3n) is 5.31. The number of nitrogens with zero attached hydrogens (tertiary/aromatic N) is 2. The average Bonchev–Trinajstić information content (AvgIpc) is 3.56. The molecule has 0 unspecified atom stereocenters. The summed E-state index contributed by atoms with van der Waals surface area (Å²) in [6.07, 6.45) is 6.12. The van der Waals surface area contributed by atoms with Crippen molar-refractivity contribution in [2.75, 3.05) is 32.7 Å². The highest BCUT2D eigenvalue weighted by Gasteiger charge is 2.28. The van der Waals surface area contributed by atoms with Gasteiger partial charge in [-0.3, -0.25) is 9.69 Å². The number of rotatable bonds is 9. The first kappa shape index (κ1) is 23.9. The van der Waals surface area contributed by atoms with E-state index in [1.165, 1.54) is 43.5 Å². The molecule has 1 amide bonds. The van der Waals surface area contributed by atoms with Crippen LogP contribution in [0.3, 0.4) is 0 Å². The lowest BCUT2D eigenvalue weighted by Crippen LogP contribution is -2.41. The van der Waals surface area contributed by atoms with Crippen LogP contribution in [0.15, 0.2) is 29.3 Å². The maximum absolute atomic E-state index is 11.7. The molecular weight excluding hydrogens is 477 g/mol. The number of nitrogens with one attached hydrogen (secondary N) is 3. The van der Waals surface area contributed by atoms with Crippen LogP contribution in [0.1, 0.15) is 50.2 Å². The Kier molecular flexibility index (Phi) is 10.8. The predicted octanol–water partition coefficient (Wildman–Crippen LogP) is 2.87. The van der Waals surface area contributed by atoms with E-state index in [9.17, 15) is 4.79 Å². The molecule has 1 saturated heterocycles. The highest BCUT2D eigenvalue weighted by Crippen LogP contribution is 2.28. The molecule has 6 nitrogen and oxygen atoms in total. The Morgan fingerprint density at radius 2 is 1.66 bits per heavy atom. The zero-order chi connectivity index (χ0) is 19.6. The summed E-state index contributed by atoms with van der Waals surface area (Å²) in [7, 11) is 0. The highest BCUT2D eigenvalue weighted by molar-refractivity contribution is 14.0. The van der Waals surface area contributed by atoms with Gasteiger partial charge in [-0.05, 0) is 56.8 Å². The summed E-state index contributed by atoms with van der Waals surface area (Å²) >= 11 is 0. The van der Waals surface area contributed by atoms with Crippen molar-refractivity contribution in [3.63, 3.8) is 0 Å². The predicted molar refractivity (Wildman–Crippen MR) is 130 cm³/mol. The number of halogens is 1. The summed E-state index contributed by atoms with van der Waals surface area (Å²) in [6, 6.07) is 8.82. The second-order valence-corrected chi connectivity index (χ2v) is 7.84. The molecule has 7 heteroatoms. The zero-order valence-corrected chi connectivity index (χ0v) is 19.9. The number of carbonyl (C=O) groups is 1. The van der Waals surface area contributed by atoms with Gasteiger partial charge in [0.1, 0.15) is 0 Å². The third-order valence-corrected chi connectivity index (χ3v) is 5.31. The number of piperidine rings is 1. The number of aliphatic imine (C=N–C) groups is 1. The molecule has 1 aliphatic carbocycles. The van der Waals surface area contributed by atoms with Crippen molar-refractivity contribution in [3.8, 4) is 0 Å². The minimum absolute atomic E-state index is 0. The number of likely N-dealkylation sites (tertiary alicyclic amines) is 1. The quantitative estimate of drug-likeness (QED) is 0.206. The molecule has 1 heterocycles. The van der Waals surface area contributed by atoms with Crippen LogP contribution in [0.5, 0.6) is 0 Å². The molecule has 2 fully saturated rings. The summed E-state index contributed by atoms with van der Waals surface area (Å²) < 4.78 is 0. The summed E-state index contributed by atoms with van der Waals surface area (Å²) in [5.41, 5.74) is 2.59. The Bertz CT molecular complexity index is 639. The van der Waals surface area contributed by atoms with Crippen LogP contribution in [0.25, 0.3) is 0 Å². The molecule has 0 bridgehead atoms. The second kappa shape index (κ2) is 13.1. The molecule has 1 saturated carbocycles. The smallest absolute Gasteiger partial charge is 0.223 e. The fourth-order valence-corrected chi connectivity index (χ4v) is 3.49. The van der Waals surface area contributed by atoms with Gasteiger partial charge in [0.05, 0.1) is 6.54 Å². The molecule has 2 aliphatic rings. The van der Waals surface area contributed by atoms with Gasteiger partial charge in [-0.2, -0.15) is 0 Å². The van der Waals surface area contributed by atoms with Crippen LogP contribution in [0.4, 0.5) is 0 Å². The fourth-order valence-electron chi connectivity index (χ4n) is 3.49. The number of carbonyl (C=O) groups excluding carboxylic acids is 1. The van der Waals surface area contributed by atoms with Gasteiger partial charge in [-0.15, -0.1) is 24.0 Å². The summed E-state index contributed by atoms with van der Waals surface area (Å²) in [6.45, 7) is 8.34. The van der Waals surface area contributed by atoms with Crippen molar-refractivity contribution in [3.05, 3.63) is 35.4 Å². The monoisotopic (exact) mass is 513 g/mol. The molecule has 0 aromatic heterocycles. The Morgan fingerprint density at radius 1 is 1.00 bits per heavy atom. The summed E-state index contributed by atoms with van der Waals surface area (Å²) in [5.74, 6) is 1.24. The van der Waals surface area contributed by atoms with Crippen molar-refractivity contribution in [2.24, 2.45) is 10.9 Å². The van der Waals surface area contributed by atoms with Gasteiger partial charge in [-0.25, -0.2) is 4.99 Å². The van der Waals surface area contributed by atoms with Crippen LogP contribution in [0.2, 0.25) is 0 Å². The van der Waals surface area contributed by atoms with Gasteiger partial charge in [0.2, 0.25) is 5.91 Å². The summed E-state index contributed by atoms with van der Waals surface area (Å²) in [5, 5.41) is 9.52. The minimum atomic E-state index is 0. The van der Waals surface area contributed by atoms with E-state index in [4.69, 9.17) is 0 Å². The van der Waals surface area contributed by atoms with E-state index >= 15 is 0 Å². The first-order chi connectivity index (χ1) is 13.7. The van der Waals surface area contributed by atoms with E-state index in [0.29, 0.717) is 19.6 Å². The Hall–Kier alpha value is -1.35. The number of hydrogen-bond acceptors (Lipinski definition) is 3. The topological polar surface area (TPSA) is 68.8 Å². The number of hydrogen-bond donors (Lipinski definition) is 3. The maximum Gasteiger partial charge on any atom is 0.223 e. The maximum atomic E-state index is 11.7. The van der Waals surface area contributed by atoms with Crippen molar-refractivity contribution in [2.45, 2.75) is 52.1 Å². The fraction of sp³-hybridized carbons (Fsp3) is 0.636. The van der Waals surface area contributed by atoms with E-state index in [-0.39, 0.29) is 35.8 Å². The normalized spacial score (nSPS) is 17.3. The second-order valence-electron chi connectivity index (χ2n) is 7.84. The lowest BCUT2D eigenvalue weighted by atomic mass is 10.1. The standard InChI is InChI=1S/C22H35N5O.HI/c1-2-23-22(25-13-12-24-21(28)20-10-11-20)26-16-18-6-8-19(9-7-18)17-27-14-4-3-5-15-27;/h6-9,20H,2-5,10-17H2,1H3,(H,24,28)(H2,23,25,26);1H. The van der Waals surface area contributed by atoms with Gasteiger partial charge in [0, 0.05) is 32.1 Å². The first-order valence-electron chi connectivity index (χ1n) is 10.8.